The van der Waals surface area contributed by atoms with Gasteiger partial charge in [0, 0.05) is 22.5 Å². The lowest BCUT2D eigenvalue weighted by atomic mass is 9.88. The highest BCUT2D eigenvalue weighted by Crippen LogP contribution is 2.19. The summed E-state index contributed by atoms with van der Waals surface area (Å²) in [5.74, 6) is 0.601. The first-order chi connectivity index (χ1) is 7.56. The van der Waals surface area contributed by atoms with Crippen LogP contribution in [0.1, 0.15) is 24.2 Å². The summed E-state index contributed by atoms with van der Waals surface area (Å²) in [4.78, 5) is 12.3. The molecule has 0 saturated heterocycles. The molecule has 1 rings (SSSR count). The summed E-state index contributed by atoms with van der Waals surface area (Å²) in [6.07, 6.45) is 0. The second-order valence-corrected chi connectivity index (χ2v) is 5.20. The van der Waals surface area contributed by atoms with Crippen LogP contribution in [0.4, 0.5) is 0 Å². The van der Waals surface area contributed by atoms with Gasteiger partial charge >= 0.3 is 0 Å². The molecule has 1 aromatic carbocycles. The maximum Gasteiger partial charge on any atom is 0.167 e. The van der Waals surface area contributed by atoms with Crippen molar-refractivity contribution in [3.8, 4) is 0 Å². The zero-order valence-corrected chi connectivity index (χ0v) is 11.5. The third-order valence-corrected chi connectivity index (χ3v) is 3.17. The molecule has 88 valence electrons. The smallest absolute Gasteiger partial charge is 0.167 e. The number of carbonyl (C=O) groups is 1. The molecule has 0 saturated carbocycles. The molecule has 3 heteroatoms. The molecule has 0 fully saturated rings. The molecule has 0 aromatic heterocycles. The number of halogens is 1. The van der Waals surface area contributed by atoms with E-state index in [1.54, 1.807) is 0 Å². The normalized spacial score (nSPS) is 12.8. The fourth-order valence-electron chi connectivity index (χ4n) is 1.71. The first-order valence-corrected chi connectivity index (χ1v) is 6.30. The summed E-state index contributed by atoms with van der Waals surface area (Å²) in [6, 6.07) is 7.58. The Hall–Kier alpha value is -0.670. The number of rotatable bonds is 5. The number of hydrogen-bond acceptors (Lipinski definition) is 2. The van der Waals surface area contributed by atoms with E-state index in [1.165, 1.54) is 0 Å². The molecular formula is C13H18BrNO. The number of nitrogens with one attached hydrogen (secondary N) is 1. The Morgan fingerprint density at radius 2 is 2.12 bits per heavy atom. The van der Waals surface area contributed by atoms with E-state index in [9.17, 15) is 4.79 Å². The highest BCUT2D eigenvalue weighted by Gasteiger charge is 2.22. The fourth-order valence-corrected chi connectivity index (χ4v) is 2.11. The molecule has 0 aliphatic rings. The van der Waals surface area contributed by atoms with Gasteiger partial charge in [0.25, 0.3) is 0 Å². The van der Waals surface area contributed by atoms with E-state index in [2.05, 4.69) is 35.1 Å². The van der Waals surface area contributed by atoms with E-state index in [0.29, 0.717) is 5.92 Å². The lowest BCUT2D eigenvalue weighted by Gasteiger charge is -2.19. The third-order valence-electron chi connectivity index (χ3n) is 2.67. The Morgan fingerprint density at radius 1 is 1.44 bits per heavy atom. The highest BCUT2D eigenvalue weighted by atomic mass is 79.9. The van der Waals surface area contributed by atoms with Crippen LogP contribution in [0.2, 0.25) is 0 Å². The van der Waals surface area contributed by atoms with Crippen molar-refractivity contribution >= 4 is 21.7 Å². The molecule has 16 heavy (non-hydrogen) atoms. The van der Waals surface area contributed by atoms with E-state index < -0.39 is 0 Å². The van der Waals surface area contributed by atoms with Gasteiger partial charge in [-0.25, -0.2) is 0 Å². The Kier molecular flexibility index (Phi) is 5.16. The van der Waals surface area contributed by atoms with Gasteiger partial charge in [-0.2, -0.15) is 0 Å². The van der Waals surface area contributed by atoms with Crippen LogP contribution < -0.4 is 5.32 Å². The van der Waals surface area contributed by atoms with Crippen LogP contribution in [-0.2, 0) is 0 Å². The van der Waals surface area contributed by atoms with Crippen LogP contribution in [-0.4, -0.2) is 19.4 Å². The number of Topliss-reactive ketones (excluding diaryl/α,β-unsaturated/α-hetero) is 1. The van der Waals surface area contributed by atoms with Gasteiger partial charge in [0.15, 0.2) is 5.78 Å². The summed E-state index contributed by atoms with van der Waals surface area (Å²) >= 11 is 3.39. The fraction of sp³-hybridized carbons (Fsp3) is 0.462. The molecule has 0 amide bonds. The zero-order chi connectivity index (χ0) is 12.1. The van der Waals surface area contributed by atoms with Gasteiger partial charge in [0.1, 0.15) is 0 Å². The topological polar surface area (TPSA) is 29.1 Å². The van der Waals surface area contributed by atoms with Crippen molar-refractivity contribution in [3.05, 3.63) is 34.3 Å². The van der Waals surface area contributed by atoms with Gasteiger partial charge in [-0.15, -0.1) is 0 Å². The van der Waals surface area contributed by atoms with Gasteiger partial charge in [0.2, 0.25) is 0 Å². The van der Waals surface area contributed by atoms with Crippen molar-refractivity contribution in [2.45, 2.75) is 13.8 Å². The van der Waals surface area contributed by atoms with Gasteiger partial charge in [-0.3, -0.25) is 4.79 Å². The molecule has 1 atom stereocenters. The molecule has 0 aliphatic heterocycles. The SMILES string of the molecule is CNCC(C(=O)c1cccc(Br)c1)C(C)C. The maximum atomic E-state index is 12.3. The van der Waals surface area contributed by atoms with Crippen LogP contribution in [0.25, 0.3) is 0 Å². The number of carbonyl (C=O) groups excluding carboxylic acids is 1. The monoisotopic (exact) mass is 283 g/mol. The minimum Gasteiger partial charge on any atom is -0.319 e. The van der Waals surface area contributed by atoms with Crippen molar-refractivity contribution in [1.82, 2.24) is 5.32 Å². The molecule has 0 aliphatic carbocycles. The summed E-state index contributed by atoms with van der Waals surface area (Å²) < 4.78 is 0.949. The summed E-state index contributed by atoms with van der Waals surface area (Å²) in [5, 5.41) is 3.08. The second-order valence-electron chi connectivity index (χ2n) is 4.28. The van der Waals surface area contributed by atoms with Crippen molar-refractivity contribution in [3.63, 3.8) is 0 Å². The first-order valence-electron chi connectivity index (χ1n) is 5.50. The van der Waals surface area contributed by atoms with Gasteiger partial charge in [-0.1, -0.05) is 41.9 Å². The van der Waals surface area contributed by atoms with Gasteiger partial charge < -0.3 is 5.32 Å². The number of benzene rings is 1. The molecule has 1 aromatic rings. The maximum absolute atomic E-state index is 12.3. The quantitative estimate of drug-likeness (QED) is 0.842. The molecule has 1 N–H and O–H groups in total. The van der Waals surface area contributed by atoms with Crippen molar-refractivity contribution in [1.29, 1.82) is 0 Å². The zero-order valence-electron chi connectivity index (χ0n) is 9.96. The molecule has 0 heterocycles. The predicted octanol–water partition coefficient (Wildman–Crippen LogP) is 3.12. The van der Waals surface area contributed by atoms with Gasteiger partial charge in [-0.05, 0) is 25.1 Å². The summed E-state index contributed by atoms with van der Waals surface area (Å²) in [6.45, 7) is 4.89. The Labute approximate surface area is 106 Å². The lowest BCUT2D eigenvalue weighted by molar-refractivity contribution is 0.0886. The highest BCUT2D eigenvalue weighted by molar-refractivity contribution is 9.10. The average Bonchev–Trinajstić information content (AvgIpc) is 2.24. The standard InChI is InChI=1S/C13H18BrNO/c1-9(2)12(8-15-3)13(16)10-5-4-6-11(14)7-10/h4-7,9,12,15H,8H2,1-3H3. The van der Waals surface area contributed by atoms with E-state index in [4.69, 9.17) is 0 Å². The number of ketones is 1. The Balaban J connectivity index is 2.90. The lowest BCUT2D eigenvalue weighted by Crippen LogP contribution is -2.30. The molecule has 2 nitrogen and oxygen atoms in total. The molecule has 1 unspecified atom stereocenters. The van der Waals surface area contributed by atoms with Crippen LogP contribution in [0, 0.1) is 11.8 Å². The largest absolute Gasteiger partial charge is 0.319 e. The molecule has 0 bridgehead atoms. The van der Waals surface area contributed by atoms with Crippen LogP contribution in [0.5, 0.6) is 0 Å². The second kappa shape index (κ2) is 6.16. The molecule has 0 spiro atoms. The molecule has 0 radical (unpaired) electrons. The van der Waals surface area contributed by atoms with Crippen LogP contribution >= 0.6 is 15.9 Å². The van der Waals surface area contributed by atoms with E-state index in [1.807, 2.05) is 31.3 Å². The molecular weight excluding hydrogens is 266 g/mol. The number of hydrogen-bond donors (Lipinski definition) is 1. The third kappa shape index (κ3) is 3.42. The van der Waals surface area contributed by atoms with Crippen molar-refractivity contribution in [2.24, 2.45) is 11.8 Å². The summed E-state index contributed by atoms with van der Waals surface area (Å²) in [5.41, 5.74) is 0.781. The van der Waals surface area contributed by atoms with E-state index >= 15 is 0 Å². The van der Waals surface area contributed by atoms with Gasteiger partial charge in [0.05, 0.1) is 0 Å². The van der Waals surface area contributed by atoms with E-state index in [0.717, 1.165) is 16.6 Å². The first kappa shape index (κ1) is 13.4. The van der Waals surface area contributed by atoms with Crippen molar-refractivity contribution < 1.29 is 4.79 Å². The van der Waals surface area contributed by atoms with E-state index in [-0.39, 0.29) is 11.7 Å². The average molecular weight is 284 g/mol. The van der Waals surface area contributed by atoms with Crippen molar-refractivity contribution in [2.75, 3.05) is 13.6 Å². The minimum absolute atomic E-state index is 0.0410. The minimum atomic E-state index is 0.0410. The van der Waals surface area contributed by atoms with Crippen LogP contribution in [0.3, 0.4) is 0 Å². The summed E-state index contributed by atoms with van der Waals surface area (Å²) in [7, 11) is 1.88. The Morgan fingerprint density at radius 3 is 2.62 bits per heavy atom. The Bertz CT molecular complexity index is 363. The van der Waals surface area contributed by atoms with Crippen LogP contribution in [0.15, 0.2) is 28.7 Å². The predicted molar refractivity (Wildman–Crippen MR) is 70.7 cm³/mol.